The molecule has 0 aromatic rings. The Balaban J connectivity index is 2.47. The summed E-state index contributed by atoms with van der Waals surface area (Å²) in [7, 11) is -2.90. The second-order valence-electron chi connectivity index (χ2n) is 3.91. The second kappa shape index (κ2) is 3.80. The molecule has 0 heterocycles. The summed E-state index contributed by atoms with van der Waals surface area (Å²) < 4.78 is 22.8. The highest BCUT2D eigenvalue weighted by atomic mass is 32.2. The fourth-order valence-electron chi connectivity index (χ4n) is 1.21. The number of nitrogens with two attached hydrogens (primary N) is 1. The van der Waals surface area contributed by atoms with E-state index in [-0.39, 0.29) is 17.0 Å². The molecule has 0 aromatic heterocycles. The van der Waals surface area contributed by atoms with E-state index < -0.39 is 9.84 Å². The van der Waals surface area contributed by atoms with Crippen molar-refractivity contribution in [1.82, 2.24) is 0 Å². The van der Waals surface area contributed by atoms with E-state index in [2.05, 4.69) is 0 Å². The second-order valence-corrected chi connectivity index (χ2v) is 6.51. The monoisotopic (exact) mass is 203 g/mol. The molecule has 0 unspecified atom stereocenters. The van der Waals surface area contributed by atoms with Gasteiger partial charge in [0.05, 0.1) is 11.0 Å². The maximum absolute atomic E-state index is 11.4. The Morgan fingerprint density at radius 3 is 2.46 bits per heavy atom. The Morgan fingerprint density at radius 2 is 2.08 bits per heavy atom. The lowest BCUT2D eigenvalue weighted by Gasteiger charge is -2.25. The van der Waals surface area contributed by atoms with Crippen LogP contribution in [-0.4, -0.2) is 25.5 Å². The number of rotatable bonds is 3. The van der Waals surface area contributed by atoms with Crippen LogP contribution in [0.2, 0.25) is 0 Å². The zero-order valence-corrected chi connectivity index (χ0v) is 8.97. The quantitative estimate of drug-likeness (QED) is 0.692. The van der Waals surface area contributed by atoms with E-state index in [4.69, 9.17) is 5.73 Å². The van der Waals surface area contributed by atoms with Crippen LogP contribution in [0.1, 0.15) is 26.7 Å². The lowest BCUT2D eigenvalue weighted by Crippen LogP contribution is -2.30. The minimum atomic E-state index is -2.90. The molecule has 0 atom stereocenters. The van der Waals surface area contributed by atoms with Crippen molar-refractivity contribution in [2.75, 3.05) is 5.75 Å². The van der Waals surface area contributed by atoms with Crippen LogP contribution in [-0.2, 0) is 9.84 Å². The third-order valence-corrected chi connectivity index (χ3v) is 4.44. The van der Waals surface area contributed by atoms with Crippen molar-refractivity contribution in [3.8, 4) is 0 Å². The standard InChI is InChI=1S/C9H17NO2S/c1-7(2)13(11,12)4-3-8-5-9(10)6-8/h3,7,9H,4-6,10H2,1-2H3. The van der Waals surface area contributed by atoms with Crippen molar-refractivity contribution >= 4 is 9.84 Å². The van der Waals surface area contributed by atoms with Crippen molar-refractivity contribution in [1.29, 1.82) is 0 Å². The van der Waals surface area contributed by atoms with Crippen molar-refractivity contribution < 1.29 is 8.42 Å². The summed E-state index contributed by atoms with van der Waals surface area (Å²) in [6.07, 6.45) is 3.56. The predicted octanol–water partition coefficient (Wildman–Crippen LogP) is 0.857. The molecular weight excluding hydrogens is 186 g/mol. The van der Waals surface area contributed by atoms with Crippen LogP contribution in [0, 0.1) is 0 Å². The molecule has 0 bridgehead atoms. The molecule has 0 saturated heterocycles. The normalized spacial score (nSPS) is 23.1. The van der Waals surface area contributed by atoms with Gasteiger partial charge in [-0.05, 0) is 26.7 Å². The van der Waals surface area contributed by atoms with Gasteiger partial charge in [-0.3, -0.25) is 0 Å². The van der Waals surface area contributed by atoms with Gasteiger partial charge in [0.1, 0.15) is 0 Å². The van der Waals surface area contributed by atoms with Gasteiger partial charge in [-0.15, -0.1) is 0 Å². The van der Waals surface area contributed by atoms with E-state index in [9.17, 15) is 8.42 Å². The van der Waals surface area contributed by atoms with Gasteiger partial charge in [0.25, 0.3) is 0 Å². The highest BCUT2D eigenvalue weighted by Gasteiger charge is 2.20. The van der Waals surface area contributed by atoms with Crippen LogP contribution < -0.4 is 5.73 Å². The first-order valence-electron chi connectivity index (χ1n) is 4.57. The van der Waals surface area contributed by atoms with E-state index in [0.29, 0.717) is 0 Å². The van der Waals surface area contributed by atoms with Crippen molar-refractivity contribution in [2.24, 2.45) is 5.73 Å². The smallest absolute Gasteiger partial charge is 0.156 e. The first-order valence-corrected chi connectivity index (χ1v) is 6.28. The lowest BCUT2D eigenvalue weighted by molar-refractivity contribution is 0.540. The largest absolute Gasteiger partial charge is 0.327 e. The molecule has 0 amide bonds. The van der Waals surface area contributed by atoms with Gasteiger partial charge in [-0.1, -0.05) is 11.6 Å². The van der Waals surface area contributed by atoms with Gasteiger partial charge < -0.3 is 5.73 Å². The van der Waals surface area contributed by atoms with Gasteiger partial charge >= 0.3 is 0 Å². The Labute approximate surface area is 79.9 Å². The molecule has 0 aromatic carbocycles. The van der Waals surface area contributed by atoms with Crippen molar-refractivity contribution in [2.45, 2.75) is 38.0 Å². The number of hydrogen-bond acceptors (Lipinski definition) is 3. The molecule has 1 fully saturated rings. The van der Waals surface area contributed by atoms with E-state index in [0.717, 1.165) is 12.8 Å². The molecular formula is C9H17NO2S. The Hall–Kier alpha value is -0.350. The van der Waals surface area contributed by atoms with E-state index >= 15 is 0 Å². The Bertz CT molecular complexity index is 296. The Kier molecular flexibility index (Phi) is 3.14. The summed E-state index contributed by atoms with van der Waals surface area (Å²) in [5.41, 5.74) is 6.77. The summed E-state index contributed by atoms with van der Waals surface area (Å²) in [6.45, 7) is 3.42. The van der Waals surface area contributed by atoms with Crippen LogP contribution in [0.25, 0.3) is 0 Å². The fourth-order valence-corrected chi connectivity index (χ4v) is 2.06. The van der Waals surface area contributed by atoms with Gasteiger partial charge in [0, 0.05) is 6.04 Å². The highest BCUT2D eigenvalue weighted by molar-refractivity contribution is 7.92. The molecule has 0 aliphatic heterocycles. The van der Waals surface area contributed by atoms with Crippen LogP contribution >= 0.6 is 0 Å². The third kappa shape index (κ3) is 2.81. The fraction of sp³-hybridized carbons (Fsp3) is 0.778. The molecule has 1 saturated carbocycles. The van der Waals surface area contributed by atoms with Crippen molar-refractivity contribution in [3.63, 3.8) is 0 Å². The topological polar surface area (TPSA) is 60.2 Å². The summed E-state index contributed by atoms with van der Waals surface area (Å²) in [5.74, 6) is 0.173. The Morgan fingerprint density at radius 1 is 1.54 bits per heavy atom. The van der Waals surface area contributed by atoms with Crippen LogP contribution in [0.5, 0.6) is 0 Å². The molecule has 0 radical (unpaired) electrons. The van der Waals surface area contributed by atoms with E-state index in [1.54, 1.807) is 13.8 Å². The van der Waals surface area contributed by atoms with Crippen molar-refractivity contribution in [3.05, 3.63) is 11.6 Å². The van der Waals surface area contributed by atoms with Crippen LogP contribution in [0.15, 0.2) is 11.6 Å². The third-order valence-electron chi connectivity index (χ3n) is 2.37. The highest BCUT2D eigenvalue weighted by Crippen LogP contribution is 2.24. The predicted molar refractivity (Wildman–Crippen MR) is 54.2 cm³/mol. The zero-order valence-electron chi connectivity index (χ0n) is 8.16. The molecule has 2 N–H and O–H groups in total. The minimum Gasteiger partial charge on any atom is -0.327 e. The summed E-state index contributed by atoms with van der Waals surface area (Å²) in [4.78, 5) is 0. The molecule has 4 heteroatoms. The summed E-state index contributed by atoms with van der Waals surface area (Å²) in [6, 6.07) is 0.257. The molecule has 0 spiro atoms. The first-order chi connectivity index (χ1) is 5.92. The average molecular weight is 203 g/mol. The van der Waals surface area contributed by atoms with Gasteiger partial charge in [-0.25, -0.2) is 8.42 Å². The number of sulfone groups is 1. The summed E-state index contributed by atoms with van der Waals surface area (Å²) >= 11 is 0. The van der Waals surface area contributed by atoms with Gasteiger partial charge in [-0.2, -0.15) is 0 Å². The van der Waals surface area contributed by atoms with Gasteiger partial charge in [0.15, 0.2) is 9.84 Å². The van der Waals surface area contributed by atoms with E-state index in [1.165, 1.54) is 5.57 Å². The average Bonchev–Trinajstić information content (AvgIpc) is 1.95. The SMILES string of the molecule is CC(C)S(=O)(=O)CC=C1CC(N)C1. The molecule has 1 aliphatic rings. The maximum atomic E-state index is 11.4. The number of hydrogen-bond donors (Lipinski definition) is 1. The molecule has 1 aliphatic carbocycles. The van der Waals surface area contributed by atoms with Gasteiger partial charge in [0.2, 0.25) is 0 Å². The first kappa shape index (κ1) is 10.7. The molecule has 1 rings (SSSR count). The minimum absolute atomic E-state index is 0.173. The summed E-state index contributed by atoms with van der Waals surface area (Å²) in [5, 5.41) is -0.280. The lowest BCUT2D eigenvalue weighted by atomic mass is 9.87. The molecule has 76 valence electrons. The maximum Gasteiger partial charge on any atom is 0.156 e. The van der Waals surface area contributed by atoms with Crippen LogP contribution in [0.4, 0.5) is 0 Å². The van der Waals surface area contributed by atoms with E-state index in [1.807, 2.05) is 6.08 Å². The van der Waals surface area contributed by atoms with Crippen LogP contribution in [0.3, 0.4) is 0 Å². The molecule has 3 nitrogen and oxygen atoms in total. The zero-order chi connectivity index (χ0) is 10.1. The molecule has 13 heavy (non-hydrogen) atoms.